The largest absolute Gasteiger partial charge is 0.404 e. The van der Waals surface area contributed by atoms with Crippen molar-refractivity contribution in [3.63, 3.8) is 0 Å². The third kappa shape index (κ3) is 11.4. The highest BCUT2D eigenvalue weighted by Crippen LogP contribution is 2.67. The third-order valence-electron chi connectivity index (χ3n) is 13.2. The van der Waals surface area contributed by atoms with Crippen LogP contribution in [0.5, 0.6) is 0 Å². The number of hydrazine groups is 1. The van der Waals surface area contributed by atoms with Crippen molar-refractivity contribution < 1.29 is 55.9 Å². The van der Waals surface area contributed by atoms with E-state index in [1.807, 2.05) is 0 Å². The third-order valence-corrected chi connectivity index (χ3v) is 16.9. The number of hydrogen-bond donors (Lipinski definition) is 2. The molecule has 68 heavy (non-hydrogen) atoms. The smallest absolute Gasteiger partial charge is 0.381 e. The summed E-state index contributed by atoms with van der Waals surface area (Å²) in [7, 11) is -5.31. The Kier molecular flexibility index (Phi) is 16.2. The number of nitriles is 1. The zero-order valence-electron chi connectivity index (χ0n) is 37.3. The zero-order chi connectivity index (χ0) is 48.0. The molecule has 0 spiro atoms. The van der Waals surface area contributed by atoms with Crippen LogP contribution in [0.1, 0.15) is 78.8 Å². The van der Waals surface area contributed by atoms with Gasteiger partial charge < -0.3 is 28.8 Å². The lowest BCUT2D eigenvalue weighted by Crippen LogP contribution is -2.57. The van der Waals surface area contributed by atoms with Crippen LogP contribution < -0.4 is 10.9 Å². The lowest BCUT2D eigenvalue weighted by atomic mass is 9.91. The van der Waals surface area contributed by atoms with E-state index in [-0.39, 0.29) is 82.1 Å². The van der Waals surface area contributed by atoms with Crippen molar-refractivity contribution in [3.8, 4) is 6.07 Å². The summed E-state index contributed by atoms with van der Waals surface area (Å²) in [6.45, 7) is 1.22. The van der Waals surface area contributed by atoms with Crippen LogP contribution in [-0.4, -0.2) is 124 Å². The molecule has 8 rings (SSSR count). The molecular formula is C46H54F2N6O11PS2+. The van der Waals surface area contributed by atoms with E-state index in [4.69, 9.17) is 18.5 Å². The maximum absolute atomic E-state index is 16.6. The van der Waals surface area contributed by atoms with Gasteiger partial charge in [0.1, 0.15) is 10.9 Å². The van der Waals surface area contributed by atoms with E-state index in [1.54, 1.807) is 17.0 Å². The molecule has 0 saturated carbocycles. The van der Waals surface area contributed by atoms with Crippen molar-refractivity contribution in [1.82, 2.24) is 20.2 Å². The number of halogens is 2. The number of nitroso groups, excluding NO2 is 1. The normalized spacial score (nSPS) is 23.5. The van der Waals surface area contributed by atoms with Gasteiger partial charge in [0, 0.05) is 78.0 Å². The Morgan fingerprint density at radius 3 is 2.18 bits per heavy atom. The maximum Gasteiger partial charge on any atom is 0.404 e. The van der Waals surface area contributed by atoms with Crippen LogP contribution in [-0.2, 0) is 43.1 Å². The summed E-state index contributed by atoms with van der Waals surface area (Å²) < 4.78 is 68.4. The molecule has 0 radical (unpaired) electrons. The molecule has 364 valence electrons. The average molecular weight is 1000 g/mol. The molecule has 5 saturated heterocycles. The molecule has 2 aromatic carbocycles. The number of pyridine rings is 1. The lowest BCUT2D eigenvalue weighted by Gasteiger charge is -2.32. The summed E-state index contributed by atoms with van der Waals surface area (Å²) in [5.74, 6) is -1.92. The molecule has 1 aromatic heterocycles. The van der Waals surface area contributed by atoms with E-state index in [0.29, 0.717) is 69.5 Å². The SMILES string of the molecule is N#C[C@@H]1CN([N+](=O)[C@@H]2CC[C@@H]3CCCC[C@H](NC(=O)c4ccc5ccc(C(F)(F)P(=O)(OCCSC(=O)CC6COC6)OCCSC(=O)CC6COC6)cc5c4)C(=O)N32)C[C@H]1c1cc[nH]c(=O)c1. The molecule has 0 aliphatic carbocycles. The highest BCUT2D eigenvalue weighted by atomic mass is 32.2. The van der Waals surface area contributed by atoms with Crippen LogP contribution in [0.4, 0.5) is 8.78 Å². The number of nitrogens with zero attached hydrogens (tertiary/aromatic N) is 4. The molecular weight excluding hydrogens is 946 g/mol. The molecule has 5 fully saturated rings. The highest BCUT2D eigenvalue weighted by molar-refractivity contribution is 8.13. The van der Waals surface area contributed by atoms with Crippen LogP contribution in [0.15, 0.2) is 59.5 Å². The van der Waals surface area contributed by atoms with E-state index < -0.39 is 67.9 Å². The number of amides is 2. The first-order valence-electron chi connectivity index (χ1n) is 22.9. The molecule has 5 aliphatic heterocycles. The summed E-state index contributed by atoms with van der Waals surface area (Å²) in [4.78, 5) is 84.3. The van der Waals surface area contributed by atoms with E-state index in [9.17, 15) is 38.7 Å². The number of H-pyrrole nitrogens is 1. The van der Waals surface area contributed by atoms with Gasteiger partial charge in [-0.3, -0.25) is 33.4 Å². The van der Waals surface area contributed by atoms with Crippen molar-refractivity contribution in [3.05, 3.63) is 86.7 Å². The minimum Gasteiger partial charge on any atom is -0.381 e. The molecule has 6 heterocycles. The Morgan fingerprint density at radius 2 is 1.54 bits per heavy atom. The average Bonchev–Trinajstić information content (AvgIpc) is 3.93. The Hall–Kier alpha value is -4.55. The molecule has 5 atom stereocenters. The Bertz CT molecular complexity index is 2500. The molecule has 5 aliphatic rings. The predicted molar refractivity (Wildman–Crippen MR) is 248 cm³/mol. The number of carbonyl (C=O) groups excluding carboxylic acids is 4. The standard InChI is InChI=1S/C46H53F2N6O11PS2/c47-46(48,66(61,64-13-15-67-42(56)17-29-25-62-26-29)65-14-16-68-43(57)18-30-27-63-28-30)36-8-7-31-5-6-33(19-34(31)20-36)44(58)51-39-4-2-1-3-37-9-10-41(53(37)45(39)59)54(60)52-23-35(22-49)38(24-52)32-11-12-50-40(55)21-32/h5-8,11-12,19-21,29-30,35,37-39,41H,1-4,9-10,13-18,23-28H2,(H-,50,51,55,58)/p+1/t35-,37+,38+,39+,41-/m1/s1. The Labute approximate surface area is 399 Å². The molecule has 2 amide bonds. The van der Waals surface area contributed by atoms with Gasteiger partial charge in [0.15, 0.2) is 10.2 Å². The number of thioether (sulfide) groups is 2. The maximum atomic E-state index is 16.6. The fraction of sp³-hybridized carbons (Fsp3) is 0.565. The molecule has 0 unspecified atom stereocenters. The first kappa shape index (κ1) is 49.9. The van der Waals surface area contributed by atoms with Gasteiger partial charge in [0.2, 0.25) is 5.56 Å². The topological polar surface area (TPSA) is 218 Å². The fourth-order valence-electron chi connectivity index (χ4n) is 9.34. The number of nitrogens with one attached hydrogen (secondary N) is 2. The summed E-state index contributed by atoms with van der Waals surface area (Å²) in [5, 5.41) is 14.7. The number of aromatic nitrogens is 1. The first-order valence-corrected chi connectivity index (χ1v) is 26.4. The van der Waals surface area contributed by atoms with Crippen molar-refractivity contribution >= 4 is 63.9 Å². The second kappa shape index (κ2) is 22.0. The van der Waals surface area contributed by atoms with Crippen molar-refractivity contribution in [2.45, 2.75) is 81.2 Å². The van der Waals surface area contributed by atoms with Gasteiger partial charge in [-0.25, -0.2) is 0 Å². The summed E-state index contributed by atoms with van der Waals surface area (Å²) >= 11 is 1.76. The number of benzene rings is 2. The van der Waals surface area contributed by atoms with E-state index in [2.05, 4.69) is 16.4 Å². The lowest BCUT2D eigenvalue weighted by molar-refractivity contribution is -0.743. The van der Waals surface area contributed by atoms with Crippen LogP contribution in [0.2, 0.25) is 0 Å². The van der Waals surface area contributed by atoms with Crippen molar-refractivity contribution in [2.75, 3.05) is 64.2 Å². The quantitative estimate of drug-likeness (QED) is 0.0763. The van der Waals surface area contributed by atoms with Crippen LogP contribution in [0.25, 0.3) is 10.8 Å². The first-order chi connectivity index (χ1) is 32.7. The zero-order valence-corrected chi connectivity index (χ0v) is 39.8. The van der Waals surface area contributed by atoms with Gasteiger partial charge in [-0.15, -0.1) is 5.01 Å². The van der Waals surface area contributed by atoms with E-state index in [1.165, 1.54) is 35.5 Å². The summed E-state index contributed by atoms with van der Waals surface area (Å²) in [6.07, 6.45) is 4.46. The number of aromatic amines is 1. The molecule has 3 aromatic rings. The highest BCUT2D eigenvalue weighted by Gasteiger charge is 2.56. The van der Waals surface area contributed by atoms with Gasteiger partial charge in [-0.2, -0.15) is 14.0 Å². The van der Waals surface area contributed by atoms with Crippen molar-refractivity contribution in [2.24, 2.45) is 17.8 Å². The number of alkyl halides is 2. The van der Waals surface area contributed by atoms with Crippen LogP contribution >= 0.6 is 31.1 Å². The van der Waals surface area contributed by atoms with Crippen LogP contribution in [0.3, 0.4) is 0 Å². The number of ether oxygens (including phenoxy) is 2. The molecule has 0 bridgehead atoms. The number of fused-ring (bicyclic) bond motifs is 2. The van der Waals surface area contributed by atoms with Gasteiger partial charge in [0.05, 0.1) is 69.6 Å². The number of carbonyl (C=O) groups is 4. The summed E-state index contributed by atoms with van der Waals surface area (Å²) in [5.41, 5.74) is -4.52. The van der Waals surface area contributed by atoms with Gasteiger partial charge in [-0.1, -0.05) is 54.6 Å². The van der Waals surface area contributed by atoms with E-state index in [0.717, 1.165) is 46.9 Å². The fourth-order valence-corrected chi connectivity index (χ4v) is 12.6. The second-order valence-corrected chi connectivity index (χ2v) is 22.3. The van der Waals surface area contributed by atoms with Gasteiger partial charge in [-0.05, 0) is 59.9 Å². The number of hydrogen-bond acceptors (Lipinski definition) is 14. The van der Waals surface area contributed by atoms with Crippen LogP contribution in [0, 0.1) is 34.0 Å². The summed E-state index contributed by atoms with van der Waals surface area (Å²) in [6, 6.07) is 12.2. The molecule has 17 nitrogen and oxygen atoms in total. The molecule has 22 heteroatoms. The predicted octanol–water partition coefficient (Wildman–Crippen LogP) is 6.32. The minimum absolute atomic E-state index is 0.0546. The Morgan fingerprint density at radius 1 is 0.882 bits per heavy atom. The van der Waals surface area contributed by atoms with Gasteiger partial charge in [0.25, 0.3) is 11.8 Å². The number of rotatable bonds is 19. The van der Waals surface area contributed by atoms with E-state index >= 15 is 8.78 Å². The van der Waals surface area contributed by atoms with Crippen molar-refractivity contribution in [1.29, 1.82) is 5.26 Å². The van der Waals surface area contributed by atoms with Gasteiger partial charge >= 0.3 is 19.4 Å². The second-order valence-electron chi connectivity index (χ2n) is 17.9. The Balaban J connectivity index is 0.948. The molecule has 2 N–H and O–H groups in total. The minimum atomic E-state index is -5.31. The monoisotopic (exact) mass is 999 g/mol.